The molecule has 1 N–H and O–H groups in total. The standard InChI is InChI=1S/C12H18N2O3S/c1-9(15)11-4-2-3-5-13(11)7-10-6-12(14(16)17)18-8-10/h6,8-9,11,15H,2-5,7H2,1H3. The average Bonchev–Trinajstić information content (AvgIpc) is 2.78. The van der Waals surface area contributed by atoms with E-state index in [1.807, 2.05) is 12.3 Å². The Morgan fingerprint density at radius 1 is 1.67 bits per heavy atom. The van der Waals surface area contributed by atoms with E-state index >= 15 is 0 Å². The molecule has 0 aromatic carbocycles. The number of piperidine rings is 1. The first-order valence-corrected chi connectivity index (χ1v) is 7.10. The molecule has 2 rings (SSSR count). The van der Waals surface area contributed by atoms with Crippen LogP contribution < -0.4 is 0 Å². The molecule has 0 radical (unpaired) electrons. The summed E-state index contributed by atoms with van der Waals surface area (Å²) in [5.74, 6) is 0. The van der Waals surface area contributed by atoms with Crippen molar-refractivity contribution in [1.82, 2.24) is 4.90 Å². The molecule has 0 amide bonds. The second-order valence-electron chi connectivity index (χ2n) is 4.82. The molecule has 2 unspecified atom stereocenters. The van der Waals surface area contributed by atoms with Crippen LogP contribution in [0.4, 0.5) is 5.00 Å². The Bertz CT molecular complexity index is 419. The fourth-order valence-corrected chi connectivity index (χ4v) is 3.26. The Morgan fingerprint density at radius 3 is 3.06 bits per heavy atom. The predicted octanol–water partition coefficient (Wildman–Crippen LogP) is 2.39. The molecule has 0 aliphatic carbocycles. The Balaban J connectivity index is 2.03. The van der Waals surface area contributed by atoms with Gasteiger partial charge in [0, 0.05) is 24.0 Å². The summed E-state index contributed by atoms with van der Waals surface area (Å²) in [6.07, 6.45) is 2.94. The third kappa shape index (κ3) is 3.07. The summed E-state index contributed by atoms with van der Waals surface area (Å²) >= 11 is 1.17. The first kappa shape index (κ1) is 13.5. The molecule has 6 heteroatoms. The molecule has 1 aliphatic rings. The minimum absolute atomic E-state index is 0.178. The first-order chi connectivity index (χ1) is 8.58. The molecule has 0 spiro atoms. The van der Waals surface area contributed by atoms with Gasteiger partial charge in [0.05, 0.1) is 11.0 Å². The summed E-state index contributed by atoms with van der Waals surface area (Å²) in [4.78, 5) is 12.5. The quantitative estimate of drug-likeness (QED) is 0.674. The second-order valence-corrected chi connectivity index (χ2v) is 5.71. The maximum absolute atomic E-state index is 10.6. The Morgan fingerprint density at radius 2 is 2.44 bits per heavy atom. The van der Waals surface area contributed by atoms with Gasteiger partial charge < -0.3 is 5.11 Å². The third-order valence-corrected chi connectivity index (χ3v) is 4.36. The lowest BCUT2D eigenvalue weighted by Crippen LogP contribution is -2.45. The summed E-state index contributed by atoms with van der Waals surface area (Å²) < 4.78 is 0. The summed E-state index contributed by atoms with van der Waals surface area (Å²) in [6, 6.07) is 1.82. The Kier molecular flexibility index (Phi) is 4.31. The SMILES string of the molecule is CC(O)C1CCCCN1Cc1csc([N+](=O)[O-])c1. The molecule has 1 saturated heterocycles. The molecule has 0 bridgehead atoms. The molecule has 100 valence electrons. The summed E-state index contributed by atoms with van der Waals surface area (Å²) in [5, 5.41) is 22.4. The monoisotopic (exact) mass is 270 g/mol. The number of nitro groups is 1. The predicted molar refractivity (Wildman–Crippen MR) is 70.7 cm³/mol. The molecule has 1 fully saturated rings. The first-order valence-electron chi connectivity index (χ1n) is 6.22. The zero-order valence-electron chi connectivity index (χ0n) is 10.4. The fourth-order valence-electron chi connectivity index (χ4n) is 2.54. The van der Waals surface area contributed by atoms with Crippen LogP contribution in [-0.2, 0) is 6.54 Å². The van der Waals surface area contributed by atoms with Crippen molar-refractivity contribution in [2.75, 3.05) is 6.54 Å². The zero-order chi connectivity index (χ0) is 13.1. The van der Waals surface area contributed by atoms with Crippen molar-refractivity contribution < 1.29 is 10.0 Å². The molecule has 1 aliphatic heterocycles. The van der Waals surface area contributed by atoms with Gasteiger partial charge >= 0.3 is 5.00 Å². The van der Waals surface area contributed by atoms with Gasteiger partial charge in [-0.3, -0.25) is 15.0 Å². The summed E-state index contributed by atoms with van der Waals surface area (Å²) in [5.41, 5.74) is 0.972. The number of aliphatic hydroxyl groups excluding tert-OH is 1. The highest BCUT2D eigenvalue weighted by Gasteiger charge is 2.26. The fraction of sp³-hybridized carbons (Fsp3) is 0.667. The highest BCUT2D eigenvalue weighted by atomic mass is 32.1. The number of likely N-dealkylation sites (tertiary alicyclic amines) is 1. The van der Waals surface area contributed by atoms with E-state index in [4.69, 9.17) is 0 Å². The van der Waals surface area contributed by atoms with Crippen molar-refractivity contribution in [2.24, 2.45) is 0 Å². The van der Waals surface area contributed by atoms with E-state index in [1.54, 1.807) is 6.07 Å². The van der Waals surface area contributed by atoms with Crippen molar-refractivity contribution >= 4 is 16.3 Å². The topological polar surface area (TPSA) is 66.6 Å². The lowest BCUT2D eigenvalue weighted by Gasteiger charge is -2.37. The number of hydrogen-bond donors (Lipinski definition) is 1. The van der Waals surface area contributed by atoms with Crippen LogP contribution in [-0.4, -0.2) is 33.6 Å². The molecular formula is C12H18N2O3S. The van der Waals surface area contributed by atoms with Crippen LogP contribution in [0.3, 0.4) is 0 Å². The number of thiophene rings is 1. The molecule has 2 heterocycles. The van der Waals surface area contributed by atoms with E-state index in [-0.39, 0.29) is 22.1 Å². The van der Waals surface area contributed by atoms with Gasteiger partial charge in [0.15, 0.2) is 0 Å². The van der Waals surface area contributed by atoms with E-state index < -0.39 is 0 Å². The van der Waals surface area contributed by atoms with Gasteiger partial charge in [0.2, 0.25) is 0 Å². The van der Waals surface area contributed by atoms with Crippen LogP contribution in [0.2, 0.25) is 0 Å². The van der Waals surface area contributed by atoms with Crippen LogP contribution in [0.5, 0.6) is 0 Å². The van der Waals surface area contributed by atoms with E-state index in [2.05, 4.69) is 4.90 Å². The minimum Gasteiger partial charge on any atom is -0.392 e. The summed E-state index contributed by atoms with van der Waals surface area (Å²) in [7, 11) is 0. The number of aliphatic hydroxyl groups is 1. The van der Waals surface area contributed by atoms with Gasteiger partial charge in [-0.15, -0.1) is 0 Å². The van der Waals surface area contributed by atoms with Crippen LogP contribution in [0.1, 0.15) is 31.7 Å². The smallest absolute Gasteiger partial charge is 0.324 e. The van der Waals surface area contributed by atoms with Crippen molar-refractivity contribution in [2.45, 2.75) is 44.9 Å². The highest BCUT2D eigenvalue weighted by Crippen LogP contribution is 2.27. The zero-order valence-corrected chi connectivity index (χ0v) is 11.2. The normalized spacial score (nSPS) is 22.9. The molecule has 0 saturated carbocycles. The molecule has 5 nitrogen and oxygen atoms in total. The minimum atomic E-state index is -0.351. The number of hydrogen-bond acceptors (Lipinski definition) is 5. The van der Waals surface area contributed by atoms with Crippen molar-refractivity contribution in [1.29, 1.82) is 0 Å². The van der Waals surface area contributed by atoms with Crippen molar-refractivity contribution in [3.05, 3.63) is 27.1 Å². The summed E-state index contributed by atoms with van der Waals surface area (Å²) in [6.45, 7) is 3.47. The van der Waals surface area contributed by atoms with E-state index in [0.29, 0.717) is 6.54 Å². The molecule has 1 aromatic rings. The Labute approximate surface area is 110 Å². The van der Waals surface area contributed by atoms with Crippen LogP contribution in [0.15, 0.2) is 11.4 Å². The van der Waals surface area contributed by atoms with Gasteiger partial charge in [-0.05, 0) is 31.9 Å². The third-order valence-electron chi connectivity index (χ3n) is 3.43. The van der Waals surface area contributed by atoms with E-state index in [9.17, 15) is 15.2 Å². The lowest BCUT2D eigenvalue weighted by atomic mass is 9.98. The Hall–Kier alpha value is -0.980. The molecule has 1 aromatic heterocycles. The van der Waals surface area contributed by atoms with Crippen LogP contribution in [0.25, 0.3) is 0 Å². The maximum atomic E-state index is 10.6. The van der Waals surface area contributed by atoms with Gasteiger partial charge in [-0.25, -0.2) is 0 Å². The second kappa shape index (κ2) is 5.77. The van der Waals surface area contributed by atoms with Gasteiger partial charge in [0.1, 0.15) is 0 Å². The van der Waals surface area contributed by atoms with Crippen molar-refractivity contribution in [3.8, 4) is 0 Å². The van der Waals surface area contributed by atoms with Crippen LogP contribution in [0, 0.1) is 10.1 Å². The van der Waals surface area contributed by atoms with E-state index in [0.717, 1.165) is 31.4 Å². The van der Waals surface area contributed by atoms with Gasteiger partial charge in [-0.2, -0.15) is 0 Å². The number of rotatable bonds is 4. The molecule has 18 heavy (non-hydrogen) atoms. The average molecular weight is 270 g/mol. The number of nitrogens with zero attached hydrogens (tertiary/aromatic N) is 2. The largest absolute Gasteiger partial charge is 0.392 e. The molecule has 2 atom stereocenters. The van der Waals surface area contributed by atoms with Gasteiger partial charge in [-0.1, -0.05) is 17.8 Å². The van der Waals surface area contributed by atoms with E-state index in [1.165, 1.54) is 11.3 Å². The highest BCUT2D eigenvalue weighted by molar-refractivity contribution is 7.13. The van der Waals surface area contributed by atoms with Crippen molar-refractivity contribution in [3.63, 3.8) is 0 Å². The molecular weight excluding hydrogens is 252 g/mol. The van der Waals surface area contributed by atoms with Crippen LogP contribution >= 0.6 is 11.3 Å². The maximum Gasteiger partial charge on any atom is 0.324 e. The van der Waals surface area contributed by atoms with Gasteiger partial charge in [0.25, 0.3) is 0 Å². The lowest BCUT2D eigenvalue weighted by molar-refractivity contribution is -0.380.